The van der Waals surface area contributed by atoms with Gasteiger partial charge in [-0.3, -0.25) is 4.79 Å². The normalized spacial score (nSPS) is 31.2. The Hall–Kier alpha value is -2.94. The molecule has 0 saturated heterocycles. The lowest BCUT2D eigenvalue weighted by molar-refractivity contribution is -0.230. The predicted octanol–water partition coefficient (Wildman–Crippen LogP) is 1.08. The quantitative estimate of drug-likeness (QED) is 0.788. The maximum Gasteiger partial charge on any atom is 0.292 e. The van der Waals surface area contributed by atoms with E-state index in [1.54, 1.807) is 24.3 Å². The Kier molecular flexibility index (Phi) is 3.57. The van der Waals surface area contributed by atoms with Crippen molar-refractivity contribution in [1.29, 1.82) is 10.5 Å². The Morgan fingerprint density at radius 3 is 2.28 bits per heavy atom. The third-order valence-corrected chi connectivity index (χ3v) is 5.05. The number of ether oxygens (including phenoxy) is 2. The summed E-state index contributed by atoms with van der Waals surface area (Å²) in [6, 6.07) is 11.3. The van der Waals surface area contributed by atoms with E-state index in [-0.39, 0.29) is 11.7 Å². The number of rotatable bonds is 4. The Morgan fingerprint density at radius 1 is 1.24 bits per heavy atom. The van der Waals surface area contributed by atoms with E-state index in [1.807, 2.05) is 0 Å². The summed E-state index contributed by atoms with van der Waals surface area (Å²) in [4.78, 5) is 15.3. The van der Waals surface area contributed by atoms with E-state index >= 15 is 0 Å². The minimum atomic E-state index is -1.64. The van der Waals surface area contributed by atoms with Crippen molar-refractivity contribution in [2.75, 3.05) is 19.5 Å². The molecule has 0 unspecified atom stereocenters. The Bertz CT molecular complexity index is 847. The number of anilines is 1. The van der Waals surface area contributed by atoms with E-state index in [9.17, 15) is 15.3 Å². The molecule has 1 aliphatic heterocycles. The highest BCUT2D eigenvalue weighted by Crippen LogP contribution is 2.81. The molecule has 3 N–H and O–H groups in total. The summed E-state index contributed by atoms with van der Waals surface area (Å²) in [6.07, 6.45) is 0. The van der Waals surface area contributed by atoms with Crippen LogP contribution in [-0.2, 0) is 14.3 Å². The molecule has 3 atom stereocenters. The van der Waals surface area contributed by atoms with Gasteiger partial charge in [0.15, 0.2) is 5.41 Å². The zero-order chi connectivity index (χ0) is 18.5. The second-order valence-corrected chi connectivity index (χ2v) is 6.06. The number of nitrogens with two attached hydrogens (primary N) is 1. The van der Waals surface area contributed by atoms with Crippen molar-refractivity contribution in [2.24, 2.45) is 21.6 Å². The molecule has 25 heavy (non-hydrogen) atoms. The Balaban J connectivity index is 2.10. The number of hydrogen-bond donors (Lipinski definition) is 2. The van der Waals surface area contributed by atoms with Crippen LogP contribution in [0.15, 0.2) is 29.3 Å². The zero-order valence-corrected chi connectivity index (χ0v) is 14.0. The molecule has 8 heteroatoms. The van der Waals surface area contributed by atoms with Gasteiger partial charge in [-0.15, -0.1) is 0 Å². The van der Waals surface area contributed by atoms with Gasteiger partial charge in [-0.25, -0.2) is 4.99 Å². The summed E-state index contributed by atoms with van der Waals surface area (Å²) in [6.45, 7) is 1.41. The molecule has 8 nitrogen and oxygen atoms in total. The summed E-state index contributed by atoms with van der Waals surface area (Å²) in [5.74, 6) is -2.36. The summed E-state index contributed by atoms with van der Waals surface area (Å²) in [5, 5.41) is 22.4. The fraction of sp³-hybridized carbons (Fsp3) is 0.412. The average Bonchev–Trinajstić information content (AvgIpc) is 3.18. The van der Waals surface area contributed by atoms with E-state index in [1.165, 1.54) is 21.1 Å². The fourth-order valence-corrected chi connectivity index (χ4v) is 3.98. The molecule has 1 heterocycles. The number of amides is 1. The number of hydrogen-bond acceptors (Lipinski definition) is 7. The average molecular weight is 339 g/mol. The maximum atomic E-state index is 11.1. The first-order valence-corrected chi connectivity index (χ1v) is 7.55. The minimum absolute atomic E-state index is 0.0242. The summed E-state index contributed by atoms with van der Waals surface area (Å²) >= 11 is 0. The van der Waals surface area contributed by atoms with Gasteiger partial charge < -0.3 is 20.5 Å². The van der Waals surface area contributed by atoms with Crippen molar-refractivity contribution >= 4 is 17.4 Å². The molecule has 1 aliphatic carbocycles. The topological polar surface area (TPSA) is 134 Å². The number of amidine groups is 1. The second kappa shape index (κ2) is 5.28. The molecule has 2 aliphatic rings. The second-order valence-electron chi connectivity index (χ2n) is 6.06. The van der Waals surface area contributed by atoms with Crippen molar-refractivity contribution in [3.05, 3.63) is 29.8 Å². The van der Waals surface area contributed by atoms with Crippen molar-refractivity contribution in [3.8, 4) is 12.1 Å². The highest BCUT2D eigenvalue weighted by molar-refractivity contribution is 6.00. The van der Waals surface area contributed by atoms with Gasteiger partial charge >= 0.3 is 0 Å². The molecule has 1 aromatic carbocycles. The number of carbonyl (C=O) groups is 1. The van der Waals surface area contributed by atoms with Gasteiger partial charge in [0, 0.05) is 32.7 Å². The Morgan fingerprint density at radius 2 is 1.84 bits per heavy atom. The zero-order valence-electron chi connectivity index (χ0n) is 14.0. The van der Waals surface area contributed by atoms with Crippen LogP contribution in [0.2, 0.25) is 0 Å². The number of carbonyl (C=O) groups excluding carboxylic acids is 1. The van der Waals surface area contributed by atoms with Gasteiger partial charge in [-0.1, -0.05) is 12.1 Å². The third-order valence-electron chi connectivity index (χ3n) is 5.05. The maximum absolute atomic E-state index is 11.1. The Labute approximate surface area is 144 Å². The molecule has 128 valence electrons. The molecule has 1 aromatic rings. The van der Waals surface area contributed by atoms with Gasteiger partial charge in [0.05, 0.1) is 12.1 Å². The molecule has 3 rings (SSSR count). The van der Waals surface area contributed by atoms with Gasteiger partial charge in [0.1, 0.15) is 11.3 Å². The molecule has 1 saturated carbocycles. The lowest BCUT2D eigenvalue weighted by Crippen LogP contribution is -2.41. The van der Waals surface area contributed by atoms with Crippen molar-refractivity contribution in [1.82, 2.24) is 0 Å². The number of nitrogens with one attached hydrogen (secondary N) is 1. The third kappa shape index (κ3) is 1.75. The smallest absolute Gasteiger partial charge is 0.292 e. The number of fused-ring (bicyclic) bond motifs is 1. The first-order chi connectivity index (χ1) is 11.9. The SMILES string of the molecule is COC1(OC)N=C(N)[C@]2(C#N)[C@@H](c3ccc(NC(C)=O)cc3)[C@]12C#N. The van der Waals surface area contributed by atoms with E-state index in [2.05, 4.69) is 22.4 Å². The van der Waals surface area contributed by atoms with Gasteiger partial charge in [0.2, 0.25) is 5.91 Å². The van der Waals surface area contributed by atoms with Crippen molar-refractivity contribution < 1.29 is 14.3 Å². The van der Waals surface area contributed by atoms with E-state index in [4.69, 9.17) is 15.2 Å². The molecule has 0 spiro atoms. The summed E-state index contributed by atoms with van der Waals surface area (Å²) in [7, 11) is 2.73. The van der Waals surface area contributed by atoms with Crippen molar-refractivity contribution in [3.63, 3.8) is 0 Å². The van der Waals surface area contributed by atoms with Gasteiger partial charge in [-0.05, 0) is 17.7 Å². The minimum Gasteiger partial charge on any atom is -0.386 e. The van der Waals surface area contributed by atoms with Gasteiger partial charge in [-0.2, -0.15) is 10.5 Å². The highest BCUT2D eigenvalue weighted by Gasteiger charge is 2.93. The van der Waals surface area contributed by atoms with E-state index in [0.29, 0.717) is 11.3 Å². The molecular formula is C17H17N5O3. The van der Waals surface area contributed by atoms with Crippen LogP contribution < -0.4 is 11.1 Å². The number of nitrogens with zero attached hydrogens (tertiary/aromatic N) is 3. The molecular weight excluding hydrogens is 322 g/mol. The van der Waals surface area contributed by atoms with Crippen LogP contribution in [0.4, 0.5) is 5.69 Å². The highest BCUT2D eigenvalue weighted by atomic mass is 16.7. The van der Waals surface area contributed by atoms with Crippen molar-refractivity contribution in [2.45, 2.75) is 18.8 Å². The lowest BCUT2D eigenvalue weighted by atomic mass is 9.93. The summed E-state index contributed by atoms with van der Waals surface area (Å²) in [5.41, 5.74) is 4.67. The molecule has 1 amide bonds. The first-order valence-electron chi connectivity index (χ1n) is 7.55. The number of nitriles is 2. The molecule has 0 radical (unpaired) electrons. The predicted molar refractivity (Wildman–Crippen MR) is 88.0 cm³/mol. The van der Waals surface area contributed by atoms with Crippen LogP contribution in [0, 0.1) is 33.5 Å². The molecule has 1 fully saturated rings. The van der Waals surface area contributed by atoms with Crippen LogP contribution >= 0.6 is 0 Å². The van der Waals surface area contributed by atoms with E-state index < -0.39 is 22.7 Å². The number of aliphatic imine (C=N–C) groups is 1. The standard InChI is InChI=1S/C17H17N5O3/c1-10(23)21-12-6-4-11(5-7-12)13-15(8-18)14(20)22-17(24-2,25-3)16(13,15)9-19/h4-7,13H,1-3H3,(H2,20,22)(H,21,23)/t13-,15+,16+/m1/s1. The lowest BCUT2D eigenvalue weighted by Gasteiger charge is -2.29. The molecule has 0 bridgehead atoms. The summed E-state index contributed by atoms with van der Waals surface area (Å²) < 4.78 is 10.8. The van der Waals surface area contributed by atoms with E-state index in [0.717, 1.165) is 0 Å². The van der Waals surface area contributed by atoms with Crippen LogP contribution in [0.3, 0.4) is 0 Å². The fourth-order valence-electron chi connectivity index (χ4n) is 3.98. The number of methoxy groups -OCH3 is 2. The first kappa shape index (κ1) is 16.9. The monoisotopic (exact) mass is 339 g/mol. The number of benzene rings is 1. The molecule has 0 aromatic heterocycles. The van der Waals surface area contributed by atoms with Crippen LogP contribution in [-0.4, -0.2) is 31.9 Å². The largest absolute Gasteiger partial charge is 0.386 e. The van der Waals surface area contributed by atoms with Crippen LogP contribution in [0.5, 0.6) is 0 Å². The van der Waals surface area contributed by atoms with Gasteiger partial charge in [0.25, 0.3) is 5.91 Å². The van der Waals surface area contributed by atoms with Crippen LogP contribution in [0.1, 0.15) is 18.4 Å². The van der Waals surface area contributed by atoms with Crippen LogP contribution in [0.25, 0.3) is 0 Å².